The van der Waals surface area contributed by atoms with Crippen LogP contribution in [0.4, 0.5) is 0 Å². The lowest BCUT2D eigenvalue weighted by atomic mass is 9.98. The molecule has 39 heavy (non-hydrogen) atoms. The highest BCUT2D eigenvalue weighted by molar-refractivity contribution is 5.99. The van der Waals surface area contributed by atoms with Crippen molar-refractivity contribution >= 4 is 16.9 Å². The summed E-state index contributed by atoms with van der Waals surface area (Å²) < 4.78 is 23.2. The van der Waals surface area contributed by atoms with Crippen LogP contribution in [0.5, 0.6) is 11.5 Å². The zero-order valence-electron chi connectivity index (χ0n) is 22.9. The van der Waals surface area contributed by atoms with Crippen LogP contribution in [-0.4, -0.2) is 68.8 Å². The van der Waals surface area contributed by atoms with Gasteiger partial charge in [0, 0.05) is 26.2 Å². The first-order valence-corrected chi connectivity index (χ1v) is 14.1. The van der Waals surface area contributed by atoms with Crippen LogP contribution >= 0.6 is 0 Å². The largest absolute Gasteiger partial charge is 0.493 e. The average molecular weight is 535 g/mol. The average Bonchev–Trinajstić information content (AvgIpc) is 3.25. The number of amides is 1. The Labute approximate surface area is 229 Å². The molecule has 208 valence electrons. The second kappa shape index (κ2) is 12.7. The molecule has 8 heteroatoms. The summed E-state index contributed by atoms with van der Waals surface area (Å²) in [7, 11) is 1.61. The second-order valence-electron chi connectivity index (χ2n) is 10.2. The number of para-hydroxylation sites is 1. The van der Waals surface area contributed by atoms with Crippen molar-refractivity contribution in [1.29, 1.82) is 0 Å². The molecule has 1 saturated heterocycles. The standard InChI is InChI=1S/C31H38N2O6/c1-3-4-5-8-18-38-25-13-12-22(21-26(25)36-2)28-27-29(34)23-10-6-7-11-24(23)39-30(27)31(35)33(28)15-9-14-32-16-19-37-20-17-32/h6-7,10-13,21,28H,3-5,8-9,14-20H2,1-2H3. The number of morpholine rings is 1. The Kier molecular flexibility index (Phi) is 8.84. The molecule has 5 rings (SSSR count). The van der Waals surface area contributed by atoms with Crippen LogP contribution in [0.3, 0.4) is 0 Å². The van der Waals surface area contributed by atoms with Crippen molar-refractivity contribution in [3.63, 3.8) is 0 Å². The lowest BCUT2D eigenvalue weighted by Crippen LogP contribution is -2.38. The fourth-order valence-electron chi connectivity index (χ4n) is 5.52. The monoisotopic (exact) mass is 534 g/mol. The van der Waals surface area contributed by atoms with Gasteiger partial charge in [0.15, 0.2) is 16.9 Å². The van der Waals surface area contributed by atoms with E-state index in [1.165, 1.54) is 12.8 Å². The summed E-state index contributed by atoms with van der Waals surface area (Å²) in [5.74, 6) is 1.12. The van der Waals surface area contributed by atoms with Gasteiger partial charge in [-0.05, 0) is 42.7 Å². The van der Waals surface area contributed by atoms with Crippen molar-refractivity contribution in [2.75, 3.05) is 53.1 Å². The zero-order valence-corrected chi connectivity index (χ0v) is 22.9. The molecule has 1 aromatic heterocycles. The van der Waals surface area contributed by atoms with Crippen molar-refractivity contribution in [2.24, 2.45) is 0 Å². The van der Waals surface area contributed by atoms with Crippen LogP contribution in [-0.2, 0) is 4.74 Å². The number of hydrogen-bond donors (Lipinski definition) is 0. The number of fused-ring (bicyclic) bond motifs is 2. The summed E-state index contributed by atoms with van der Waals surface area (Å²) in [5, 5.41) is 0.475. The molecule has 0 spiro atoms. The fraction of sp³-hybridized carbons (Fsp3) is 0.484. The number of methoxy groups -OCH3 is 1. The summed E-state index contributed by atoms with van der Waals surface area (Å²) in [5.41, 5.74) is 1.44. The maximum atomic E-state index is 13.7. The summed E-state index contributed by atoms with van der Waals surface area (Å²) >= 11 is 0. The lowest BCUT2D eigenvalue weighted by molar-refractivity contribution is 0.0353. The fourth-order valence-corrected chi connectivity index (χ4v) is 5.52. The minimum Gasteiger partial charge on any atom is -0.493 e. The van der Waals surface area contributed by atoms with E-state index in [1.54, 1.807) is 30.2 Å². The molecule has 2 aromatic carbocycles. The third kappa shape index (κ3) is 5.82. The van der Waals surface area contributed by atoms with Gasteiger partial charge in [0.2, 0.25) is 5.76 Å². The van der Waals surface area contributed by atoms with E-state index in [0.29, 0.717) is 41.2 Å². The lowest BCUT2D eigenvalue weighted by Gasteiger charge is -2.29. The molecule has 2 aliphatic rings. The maximum absolute atomic E-state index is 13.7. The second-order valence-corrected chi connectivity index (χ2v) is 10.2. The summed E-state index contributed by atoms with van der Waals surface area (Å²) in [6.07, 6.45) is 5.24. The molecule has 3 aromatic rings. The number of unbranched alkanes of at least 4 members (excludes halogenated alkanes) is 3. The van der Waals surface area contributed by atoms with E-state index in [0.717, 1.165) is 57.7 Å². The van der Waals surface area contributed by atoms with Crippen molar-refractivity contribution in [3.8, 4) is 11.5 Å². The van der Waals surface area contributed by atoms with Crippen LogP contribution in [0, 0.1) is 0 Å². The van der Waals surface area contributed by atoms with Crippen molar-refractivity contribution in [2.45, 2.75) is 45.1 Å². The van der Waals surface area contributed by atoms with E-state index in [1.807, 2.05) is 24.3 Å². The van der Waals surface area contributed by atoms with Gasteiger partial charge in [0.1, 0.15) is 5.58 Å². The van der Waals surface area contributed by atoms with Gasteiger partial charge in [0.25, 0.3) is 5.91 Å². The Bertz CT molecular complexity index is 1350. The van der Waals surface area contributed by atoms with Crippen molar-refractivity contribution in [3.05, 3.63) is 69.6 Å². The Hall–Kier alpha value is -3.36. The molecule has 0 radical (unpaired) electrons. The minimum atomic E-state index is -0.564. The summed E-state index contributed by atoms with van der Waals surface area (Å²) in [6.45, 7) is 7.39. The Balaban J connectivity index is 1.46. The zero-order chi connectivity index (χ0) is 27.2. The molecule has 8 nitrogen and oxygen atoms in total. The van der Waals surface area contributed by atoms with E-state index in [9.17, 15) is 9.59 Å². The molecule has 1 unspecified atom stereocenters. The predicted octanol–water partition coefficient (Wildman–Crippen LogP) is 5.03. The molecule has 0 N–H and O–H groups in total. The normalized spacial score (nSPS) is 17.5. The number of carbonyl (C=O) groups is 1. The molecular formula is C31H38N2O6. The van der Waals surface area contributed by atoms with Gasteiger partial charge in [-0.1, -0.05) is 44.4 Å². The van der Waals surface area contributed by atoms with Crippen molar-refractivity contribution in [1.82, 2.24) is 9.80 Å². The SMILES string of the molecule is CCCCCCOc1ccc(C2c3c(oc4ccccc4c3=O)C(=O)N2CCCN2CCOCC2)cc1OC. The Morgan fingerprint density at radius 3 is 2.56 bits per heavy atom. The third-order valence-electron chi connectivity index (χ3n) is 7.61. The smallest absolute Gasteiger partial charge is 0.290 e. The summed E-state index contributed by atoms with van der Waals surface area (Å²) in [4.78, 5) is 31.6. The van der Waals surface area contributed by atoms with Gasteiger partial charge < -0.3 is 23.5 Å². The minimum absolute atomic E-state index is 0.130. The first-order chi connectivity index (χ1) is 19.1. The molecule has 3 heterocycles. The van der Waals surface area contributed by atoms with Gasteiger partial charge in [-0.25, -0.2) is 0 Å². The highest BCUT2D eigenvalue weighted by Gasteiger charge is 2.42. The molecule has 1 atom stereocenters. The molecule has 0 aliphatic carbocycles. The molecule has 0 saturated carbocycles. The van der Waals surface area contributed by atoms with Gasteiger partial charge >= 0.3 is 0 Å². The van der Waals surface area contributed by atoms with Crippen LogP contribution in [0.1, 0.15) is 66.8 Å². The van der Waals surface area contributed by atoms with E-state index in [2.05, 4.69) is 11.8 Å². The number of nitrogens with zero attached hydrogens (tertiary/aromatic N) is 2. The van der Waals surface area contributed by atoms with Gasteiger partial charge in [-0.15, -0.1) is 0 Å². The summed E-state index contributed by atoms with van der Waals surface area (Å²) in [6, 6.07) is 12.2. The van der Waals surface area contributed by atoms with Gasteiger partial charge in [0.05, 0.1) is 43.9 Å². The van der Waals surface area contributed by atoms with E-state index < -0.39 is 6.04 Å². The van der Waals surface area contributed by atoms with Crippen LogP contribution < -0.4 is 14.9 Å². The van der Waals surface area contributed by atoms with Crippen molar-refractivity contribution < 1.29 is 23.4 Å². The third-order valence-corrected chi connectivity index (χ3v) is 7.61. The first-order valence-electron chi connectivity index (χ1n) is 14.1. The quantitative estimate of drug-likeness (QED) is 0.302. The number of carbonyl (C=O) groups excluding carboxylic acids is 1. The van der Waals surface area contributed by atoms with Gasteiger partial charge in [-0.3, -0.25) is 14.5 Å². The van der Waals surface area contributed by atoms with Gasteiger partial charge in [-0.2, -0.15) is 0 Å². The molecule has 1 fully saturated rings. The molecule has 2 aliphatic heterocycles. The first kappa shape index (κ1) is 27.2. The maximum Gasteiger partial charge on any atom is 0.290 e. The number of hydrogen-bond acceptors (Lipinski definition) is 7. The Morgan fingerprint density at radius 1 is 0.949 bits per heavy atom. The van der Waals surface area contributed by atoms with Crippen LogP contribution in [0.25, 0.3) is 11.0 Å². The van der Waals surface area contributed by atoms with Crippen LogP contribution in [0.15, 0.2) is 51.7 Å². The van der Waals surface area contributed by atoms with E-state index in [-0.39, 0.29) is 17.1 Å². The molecular weight excluding hydrogens is 496 g/mol. The highest BCUT2D eigenvalue weighted by Crippen LogP contribution is 2.41. The topological polar surface area (TPSA) is 81.5 Å². The Morgan fingerprint density at radius 2 is 1.77 bits per heavy atom. The van der Waals surface area contributed by atoms with Crippen LogP contribution in [0.2, 0.25) is 0 Å². The predicted molar refractivity (Wildman–Crippen MR) is 150 cm³/mol. The number of rotatable bonds is 12. The molecule has 0 bridgehead atoms. The van der Waals surface area contributed by atoms with E-state index >= 15 is 0 Å². The molecule has 1 amide bonds. The number of benzene rings is 2. The van der Waals surface area contributed by atoms with E-state index in [4.69, 9.17) is 18.6 Å². The number of ether oxygens (including phenoxy) is 3. The highest BCUT2D eigenvalue weighted by atomic mass is 16.5.